The van der Waals surface area contributed by atoms with E-state index in [0.29, 0.717) is 40.0 Å². The van der Waals surface area contributed by atoms with Gasteiger partial charge in [0.1, 0.15) is 0 Å². The van der Waals surface area contributed by atoms with Crippen LogP contribution in [-0.2, 0) is 6.42 Å². The van der Waals surface area contributed by atoms with Crippen LogP contribution in [0.3, 0.4) is 0 Å². The molecule has 0 atom stereocenters. The molecule has 0 spiro atoms. The van der Waals surface area contributed by atoms with Gasteiger partial charge in [-0.1, -0.05) is 41.7 Å². The van der Waals surface area contributed by atoms with Crippen molar-refractivity contribution in [1.29, 1.82) is 0 Å². The molecule has 1 aromatic carbocycles. The number of hydrogen-bond acceptors (Lipinski definition) is 6. The molecule has 0 saturated carbocycles. The predicted molar refractivity (Wildman–Crippen MR) is 105 cm³/mol. The standard InChI is InChI=1S/C20H19N3O3S/c1-13-18(16(24)9-8-14-6-4-3-5-7-14)27-20(22-13)23-19(25)15-10-11-21-17(12-15)26-2/h3-7,10-12H,8-9H2,1-2H3,(H,22,23,25). The number of amides is 1. The summed E-state index contributed by atoms with van der Waals surface area (Å²) in [7, 11) is 1.49. The topological polar surface area (TPSA) is 81.2 Å². The van der Waals surface area contributed by atoms with Crippen molar-refractivity contribution in [3.63, 3.8) is 0 Å². The van der Waals surface area contributed by atoms with E-state index in [9.17, 15) is 9.59 Å². The molecule has 0 radical (unpaired) electrons. The van der Waals surface area contributed by atoms with E-state index in [1.807, 2.05) is 30.3 Å². The van der Waals surface area contributed by atoms with Crippen LogP contribution in [0, 0.1) is 6.92 Å². The van der Waals surface area contributed by atoms with E-state index < -0.39 is 0 Å². The highest BCUT2D eigenvalue weighted by atomic mass is 32.1. The molecule has 0 bridgehead atoms. The number of aryl methyl sites for hydroxylation is 2. The van der Waals surface area contributed by atoms with Crippen LogP contribution < -0.4 is 10.1 Å². The number of ketones is 1. The lowest BCUT2D eigenvalue weighted by molar-refractivity contribution is 0.0984. The largest absolute Gasteiger partial charge is 0.481 e. The van der Waals surface area contributed by atoms with Gasteiger partial charge >= 0.3 is 0 Å². The lowest BCUT2D eigenvalue weighted by Crippen LogP contribution is -2.12. The van der Waals surface area contributed by atoms with Gasteiger partial charge < -0.3 is 4.74 Å². The van der Waals surface area contributed by atoms with E-state index in [-0.39, 0.29) is 11.7 Å². The molecule has 2 heterocycles. The number of ether oxygens (including phenoxy) is 1. The highest BCUT2D eigenvalue weighted by Gasteiger charge is 2.17. The molecule has 3 aromatic rings. The van der Waals surface area contributed by atoms with Gasteiger partial charge in [0.2, 0.25) is 5.88 Å². The minimum Gasteiger partial charge on any atom is -0.481 e. The van der Waals surface area contributed by atoms with Crippen LogP contribution in [0.15, 0.2) is 48.7 Å². The number of pyridine rings is 1. The molecule has 0 saturated heterocycles. The van der Waals surface area contributed by atoms with Gasteiger partial charge in [0.25, 0.3) is 5.91 Å². The summed E-state index contributed by atoms with van der Waals surface area (Å²) in [6, 6.07) is 13.0. The molecule has 7 heteroatoms. The first-order chi connectivity index (χ1) is 13.1. The average molecular weight is 381 g/mol. The number of methoxy groups -OCH3 is 1. The van der Waals surface area contributed by atoms with E-state index >= 15 is 0 Å². The fraction of sp³-hybridized carbons (Fsp3) is 0.200. The van der Waals surface area contributed by atoms with Gasteiger partial charge in [0.15, 0.2) is 10.9 Å². The number of anilines is 1. The monoisotopic (exact) mass is 381 g/mol. The molecule has 0 aliphatic rings. The zero-order valence-corrected chi connectivity index (χ0v) is 15.9. The van der Waals surface area contributed by atoms with Gasteiger partial charge in [0.05, 0.1) is 17.7 Å². The second kappa shape index (κ2) is 8.55. The van der Waals surface area contributed by atoms with Crippen molar-refractivity contribution in [3.05, 3.63) is 70.4 Å². The molecule has 0 aliphatic carbocycles. The Kier molecular flexibility index (Phi) is 5.93. The Morgan fingerprint density at radius 3 is 2.70 bits per heavy atom. The quantitative estimate of drug-likeness (QED) is 0.627. The van der Waals surface area contributed by atoms with Crippen LogP contribution >= 0.6 is 11.3 Å². The Balaban J connectivity index is 1.66. The van der Waals surface area contributed by atoms with Gasteiger partial charge in [-0.2, -0.15) is 0 Å². The van der Waals surface area contributed by atoms with E-state index in [2.05, 4.69) is 15.3 Å². The Bertz CT molecular complexity index is 954. The number of Topliss-reactive ketones (excluding diaryl/α,β-unsaturated/α-hetero) is 1. The van der Waals surface area contributed by atoms with E-state index in [4.69, 9.17) is 4.74 Å². The smallest absolute Gasteiger partial charge is 0.257 e. The molecule has 138 valence electrons. The molecular weight excluding hydrogens is 362 g/mol. The lowest BCUT2D eigenvalue weighted by Gasteiger charge is -2.03. The van der Waals surface area contributed by atoms with Gasteiger partial charge in [-0.15, -0.1) is 0 Å². The Labute approximate surface area is 161 Å². The molecule has 0 fully saturated rings. The minimum absolute atomic E-state index is 0.0277. The maximum absolute atomic E-state index is 12.5. The van der Waals surface area contributed by atoms with Gasteiger partial charge in [-0.25, -0.2) is 9.97 Å². The number of carbonyl (C=O) groups excluding carboxylic acids is 2. The van der Waals surface area contributed by atoms with Crippen LogP contribution in [0.4, 0.5) is 5.13 Å². The highest BCUT2D eigenvalue weighted by Crippen LogP contribution is 2.25. The van der Waals surface area contributed by atoms with Gasteiger partial charge in [0, 0.05) is 24.2 Å². The summed E-state index contributed by atoms with van der Waals surface area (Å²) in [5, 5.41) is 3.13. The summed E-state index contributed by atoms with van der Waals surface area (Å²) in [4.78, 5) is 33.8. The van der Waals surface area contributed by atoms with Crippen molar-refractivity contribution >= 4 is 28.2 Å². The van der Waals surface area contributed by atoms with Crippen molar-refractivity contribution in [1.82, 2.24) is 9.97 Å². The van der Waals surface area contributed by atoms with Gasteiger partial charge in [-0.3, -0.25) is 14.9 Å². The highest BCUT2D eigenvalue weighted by molar-refractivity contribution is 7.17. The van der Waals surface area contributed by atoms with Crippen LogP contribution in [-0.4, -0.2) is 28.8 Å². The number of nitrogens with zero attached hydrogens (tertiary/aromatic N) is 2. The summed E-state index contributed by atoms with van der Waals surface area (Å²) >= 11 is 1.20. The molecule has 3 rings (SSSR count). The fourth-order valence-corrected chi connectivity index (χ4v) is 3.49. The molecule has 1 amide bonds. The van der Waals surface area contributed by atoms with Crippen molar-refractivity contribution < 1.29 is 14.3 Å². The molecule has 2 aromatic heterocycles. The fourth-order valence-electron chi connectivity index (χ4n) is 2.56. The first kappa shape index (κ1) is 18.7. The third-order valence-corrected chi connectivity index (χ3v) is 5.07. The van der Waals surface area contributed by atoms with Crippen molar-refractivity contribution in [3.8, 4) is 5.88 Å². The van der Waals surface area contributed by atoms with Crippen molar-refractivity contribution in [2.24, 2.45) is 0 Å². The summed E-state index contributed by atoms with van der Waals surface area (Å²) in [5.74, 6) is 0.0578. The Hall–Kier alpha value is -3.06. The first-order valence-electron chi connectivity index (χ1n) is 8.43. The van der Waals surface area contributed by atoms with Crippen LogP contribution in [0.25, 0.3) is 0 Å². The predicted octanol–water partition coefficient (Wildman–Crippen LogP) is 3.92. The summed E-state index contributed by atoms with van der Waals surface area (Å²) in [6.07, 6.45) is 2.58. The van der Waals surface area contributed by atoms with E-state index in [0.717, 1.165) is 5.56 Å². The second-order valence-corrected chi connectivity index (χ2v) is 6.88. The van der Waals surface area contributed by atoms with Gasteiger partial charge in [-0.05, 0) is 25.0 Å². The number of nitrogens with one attached hydrogen (secondary N) is 1. The lowest BCUT2D eigenvalue weighted by atomic mass is 10.1. The number of thiazole rings is 1. The molecule has 27 heavy (non-hydrogen) atoms. The Morgan fingerprint density at radius 2 is 1.96 bits per heavy atom. The SMILES string of the molecule is COc1cc(C(=O)Nc2nc(C)c(C(=O)CCc3ccccc3)s2)ccn1. The van der Waals surface area contributed by atoms with Crippen LogP contribution in [0.2, 0.25) is 0 Å². The maximum Gasteiger partial charge on any atom is 0.257 e. The number of rotatable bonds is 7. The average Bonchev–Trinajstić information content (AvgIpc) is 3.07. The number of carbonyl (C=O) groups is 2. The van der Waals surface area contributed by atoms with Crippen molar-refractivity contribution in [2.75, 3.05) is 12.4 Å². The molecule has 6 nitrogen and oxygen atoms in total. The first-order valence-corrected chi connectivity index (χ1v) is 9.24. The zero-order chi connectivity index (χ0) is 19.2. The van der Waals surface area contributed by atoms with E-state index in [1.165, 1.54) is 24.6 Å². The van der Waals surface area contributed by atoms with E-state index in [1.54, 1.807) is 19.1 Å². The van der Waals surface area contributed by atoms with Crippen LogP contribution in [0.5, 0.6) is 5.88 Å². The number of aromatic nitrogens is 2. The van der Waals surface area contributed by atoms with Crippen LogP contribution in [0.1, 0.15) is 37.7 Å². The third-order valence-electron chi connectivity index (χ3n) is 3.96. The Morgan fingerprint density at radius 1 is 1.19 bits per heavy atom. The zero-order valence-electron chi connectivity index (χ0n) is 15.1. The minimum atomic E-state index is -0.326. The molecule has 0 aliphatic heterocycles. The van der Waals surface area contributed by atoms with Crippen molar-refractivity contribution in [2.45, 2.75) is 19.8 Å². The summed E-state index contributed by atoms with van der Waals surface area (Å²) in [6.45, 7) is 1.78. The molecule has 1 N–H and O–H groups in total. The molecular formula is C20H19N3O3S. The molecule has 0 unspecified atom stereocenters. The second-order valence-electron chi connectivity index (χ2n) is 5.88. The maximum atomic E-state index is 12.5. The number of benzene rings is 1. The summed E-state index contributed by atoms with van der Waals surface area (Å²) in [5.41, 5.74) is 2.15. The third kappa shape index (κ3) is 4.77. The number of hydrogen-bond donors (Lipinski definition) is 1. The normalized spacial score (nSPS) is 10.4. The summed E-state index contributed by atoms with van der Waals surface area (Å²) < 4.78 is 5.02.